The van der Waals surface area contributed by atoms with Crippen molar-refractivity contribution in [3.63, 3.8) is 0 Å². The summed E-state index contributed by atoms with van der Waals surface area (Å²) in [5.74, 6) is 0.735. The van der Waals surface area contributed by atoms with Crippen molar-refractivity contribution < 1.29 is 4.39 Å². The van der Waals surface area contributed by atoms with E-state index in [-0.39, 0.29) is 11.6 Å². The van der Waals surface area contributed by atoms with Crippen LogP contribution in [0.2, 0.25) is 0 Å². The van der Waals surface area contributed by atoms with Crippen molar-refractivity contribution in [1.82, 2.24) is 19.7 Å². The second kappa shape index (κ2) is 8.08. The number of anilines is 2. The Hall–Kier alpha value is -3.51. The van der Waals surface area contributed by atoms with Crippen LogP contribution in [0, 0.1) is 31.0 Å². The standard InChI is InChI=1S/C21H20FN7S/c1-12-13(2)30-21-18(12)20(26-11-27-21)25-9-3-4-17-16(10-23)19(24)29(28-17)15-7-5-14(22)6-8-15/h5-8,11H,3-4,9,24H2,1-2H3,(H,25,26,27). The van der Waals surface area contributed by atoms with Gasteiger partial charge in [-0.15, -0.1) is 11.3 Å². The normalized spacial score (nSPS) is 11.0. The molecule has 0 aliphatic heterocycles. The quantitative estimate of drug-likeness (QED) is 0.454. The van der Waals surface area contributed by atoms with Crippen molar-refractivity contribution in [3.05, 3.63) is 58.1 Å². The lowest BCUT2D eigenvalue weighted by Crippen LogP contribution is -2.06. The third-order valence-corrected chi connectivity index (χ3v) is 6.14. The number of rotatable bonds is 6. The highest BCUT2D eigenvalue weighted by molar-refractivity contribution is 7.18. The highest BCUT2D eigenvalue weighted by Gasteiger charge is 2.17. The first-order valence-corrected chi connectivity index (χ1v) is 10.3. The Morgan fingerprint density at radius 3 is 2.73 bits per heavy atom. The maximum Gasteiger partial charge on any atom is 0.145 e. The van der Waals surface area contributed by atoms with Crippen LogP contribution in [0.3, 0.4) is 0 Å². The molecule has 152 valence electrons. The second-order valence-corrected chi connectivity index (χ2v) is 8.13. The number of hydrogen-bond donors (Lipinski definition) is 2. The Balaban J connectivity index is 1.48. The first-order chi connectivity index (χ1) is 14.5. The summed E-state index contributed by atoms with van der Waals surface area (Å²) >= 11 is 1.66. The van der Waals surface area contributed by atoms with E-state index >= 15 is 0 Å². The first kappa shape index (κ1) is 19.8. The number of nitrogens with one attached hydrogen (secondary N) is 1. The van der Waals surface area contributed by atoms with Crippen LogP contribution >= 0.6 is 11.3 Å². The van der Waals surface area contributed by atoms with Gasteiger partial charge in [-0.3, -0.25) is 0 Å². The van der Waals surface area contributed by atoms with Gasteiger partial charge >= 0.3 is 0 Å². The van der Waals surface area contributed by atoms with Gasteiger partial charge in [0.25, 0.3) is 0 Å². The lowest BCUT2D eigenvalue weighted by Gasteiger charge is -2.07. The Kier molecular flexibility index (Phi) is 5.33. The highest BCUT2D eigenvalue weighted by atomic mass is 32.1. The van der Waals surface area contributed by atoms with E-state index in [0.717, 1.165) is 22.5 Å². The SMILES string of the molecule is Cc1sc2ncnc(NCCCc3nn(-c4ccc(F)cc4)c(N)c3C#N)c2c1C. The number of nitriles is 1. The van der Waals surface area contributed by atoms with E-state index in [9.17, 15) is 9.65 Å². The number of aryl methyl sites for hydroxylation is 3. The summed E-state index contributed by atoms with van der Waals surface area (Å²) < 4.78 is 14.7. The fourth-order valence-electron chi connectivity index (χ4n) is 3.33. The van der Waals surface area contributed by atoms with Gasteiger partial charge in [0.2, 0.25) is 0 Å². The van der Waals surface area contributed by atoms with Crippen molar-refractivity contribution >= 4 is 33.2 Å². The Bertz CT molecular complexity index is 1250. The number of hydrogen-bond acceptors (Lipinski definition) is 7. The number of aromatic nitrogens is 4. The molecule has 0 saturated carbocycles. The van der Waals surface area contributed by atoms with E-state index in [1.165, 1.54) is 27.3 Å². The Morgan fingerprint density at radius 2 is 2.00 bits per heavy atom. The summed E-state index contributed by atoms with van der Waals surface area (Å²) in [5.41, 5.74) is 8.89. The van der Waals surface area contributed by atoms with E-state index in [4.69, 9.17) is 5.73 Å². The smallest absolute Gasteiger partial charge is 0.145 e. The molecular weight excluding hydrogens is 401 g/mol. The third kappa shape index (κ3) is 3.57. The summed E-state index contributed by atoms with van der Waals surface area (Å²) in [5, 5.41) is 18.4. The number of halogens is 1. The van der Waals surface area contributed by atoms with Crippen LogP contribution in [0.1, 0.15) is 28.1 Å². The van der Waals surface area contributed by atoms with Crippen molar-refractivity contribution in [2.45, 2.75) is 26.7 Å². The number of thiophene rings is 1. The summed E-state index contributed by atoms with van der Waals surface area (Å²) in [4.78, 5) is 10.9. The molecular formula is C21H20FN7S. The summed E-state index contributed by atoms with van der Waals surface area (Å²) in [6.07, 6.45) is 2.88. The van der Waals surface area contributed by atoms with Crippen molar-refractivity contribution in [3.8, 4) is 11.8 Å². The molecule has 3 N–H and O–H groups in total. The first-order valence-electron chi connectivity index (χ1n) is 9.47. The molecule has 0 unspecified atom stereocenters. The third-order valence-electron chi connectivity index (χ3n) is 5.02. The number of benzene rings is 1. The average molecular weight is 422 g/mol. The molecule has 0 bridgehead atoms. The van der Waals surface area contributed by atoms with E-state index in [1.54, 1.807) is 29.8 Å². The van der Waals surface area contributed by atoms with Gasteiger partial charge in [0.15, 0.2) is 0 Å². The lowest BCUT2D eigenvalue weighted by molar-refractivity contribution is 0.627. The van der Waals surface area contributed by atoms with E-state index in [1.807, 2.05) is 0 Å². The van der Waals surface area contributed by atoms with Crippen molar-refractivity contribution in [2.24, 2.45) is 0 Å². The van der Waals surface area contributed by atoms with Crippen LogP contribution < -0.4 is 11.1 Å². The Labute approximate surface area is 177 Å². The largest absolute Gasteiger partial charge is 0.382 e. The number of nitrogens with zero attached hydrogens (tertiary/aromatic N) is 5. The van der Waals surface area contributed by atoms with Gasteiger partial charge in [-0.2, -0.15) is 10.4 Å². The van der Waals surface area contributed by atoms with Gasteiger partial charge in [-0.25, -0.2) is 19.0 Å². The predicted molar refractivity (Wildman–Crippen MR) is 116 cm³/mol. The second-order valence-electron chi connectivity index (χ2n) is 6.92. The molecule has 3 heterocycles. The molecule has 1 aromatic carbocycles. The van der Waals surface area contributed by atoms with Gasteiger partial charge < -0.3 is 11.1 Å². The predicted octanol–water partition coefficient (Wildman–Crippen LogP) is 4.13. The fraction of sp³-hybridized carbons (Fsp3) is 0.238. The lowest BCUT2D eigenvalue weighted by atomic mass is 10.1. The minimum Gasteiger partial charge on any atom is -0.382 e. The van der Waals surface area contributed by atoms with Crippen molar-refractivity contribution in [1.29, 1.82) is 5.26 Å². The average Bonchev–Trinajstić information content (AvgIpc) is 3.22. The molecule has 4 aromatic rings. The van der Waals surface area contributed by atoms with E-state index in [0.29, 0.717) is 29.9 Å². The zero-order valence-corrected chi connectivity index (χ0v) is 17.4. The molecule has 3 aromatic heterocycles. The zero-order chi connectivity index (χ0) is 21.3. The molecule has 0 fully saturated rings. The van der Waals surface area contributed by atoms with Crippen LogP contribution in [-0.4, -0.2) is 26.3 Å². The van der Waals surface area contributed by atoms with E-state index in [2.05, 4.69) is 40.3 Å². The molecule has 9 heteroatoms. The molecule has 0 spiro atoms. The van der Waals surface area contributed by atoms with Gasteiger partial charge in [-0.1, -0.05) is 0 Å². The summed E-state index contributed by atoms with van der Waals surface area (Å²) in [6.45, 7) is 4.82. The van der Waals surface area contributed by atoms with Crippen molar-refractivity contribution in [2.75, 3.05) is 17.6 Å². The number of fused-ring (bicyclic) bond motifs is 1. The van der Waals surface area contributed by atoms with Gasteiger partial charge in [0, 0.05) is 11.4 Å². The molecule has 0 saturated heterocycles. The highest BCUT2D eigenvalue weighted by Crippen LogP contribution is 2.32. The summed E-state index contributed by atoms with van der Waals surface area (Å²) in [6, 6.07) is 7.97. The molecule has 4 rings (SSSR count). The van der Waals surface area contributed by atoms with Crippen LogP contribution in [0.15, 0.2) is 30.6 Å². The molecule has 0 aliphatic carbocycles. The maximum absolute atomic E-state index is 13.2. The molecule has 0 amide bonds. The van der Waals surface area contributed by atoms with Crippen LogP contribution in [0.25, 0.3) is 15.9 Å². The minimum atomic E-state index is -0.342. The van der Waals surface area contributed by atoms with E-state index < -0.39 is 0 Å². The van der Waals surface area contributed by atoms with Gasteiger partial charge in [0.05, 0.1) is 16.8 Å². The molecule has 0 aliphatic rings. The van der Waals surface area contributed by atoms with Crippen LogP contribution in [-0.2, 0) is 6.42 Å². The zero-order valence-electron chi connectivity index (χ0n) is 16.6. The minimum absolute atomic E-state index is 0.258. The molecule has 30 heavy (non-hydrogen) atoms. The maximum atomic E-state index is 13.2. The molecule has 0 radical (unpaired) electrons. The fourth-order valence-corrected chi connectivity index (χ4v) is 4.33. The van der Waals surface area contributed by atoms with Gasteiger partial charge in [-0.05, 0) is 56.5 Å². The van der Waals surface area contributed by atoms with Crippen LogP contribution in [0.4, 0.5) is 16.0 Å². The topological polar surface area (TPSA) is 105 Å². The summed E-state index contributed by atoms with van der Waals surface area (Å²) in [7, 11) is 0. The van der Waals surface area contributed by atoms with Crippen LogP contribution in [0.5, 0.6) is 0 Å². The molecule has 7 nitrogen and oxygen atoms in total. The Morgan fingerprint density at radius 1 is 1.23 bits per heavy atom. The number of nitrogens with two attached hydrogens (primary N) is 1. The molecule has 0 atom stereocenters. The number of nitrogen functional groups attached to an aromatic ring is 1. The monoisotopic (exact) mass is 421 g/mol. The van der Waals surface area contributed by atoms with Gasteiger partial charge in [0.1, 0.15) is 40.2 Å².